The highest BCUT2D eigenvalue weighted by Crippen LogP contribution is 2.41. The number of aromatic nitrogens is 3. The summed E-state index contributed by atoms with van der Waals surface area (Å²) in [7, 11) is 0. The molecular weight excluding hydrogens is 522 g/mol. The van der Waals surface area contributed by atoms with Crippen LogP contribution in [0.3, 0.4) is 0 Å². The number of nitrogens with zero attached hydrogens (tertiary/aromatic N) is 3. The molecule has 0 aliphatic heterocycles. The van der Waals surface area contributed by atoms with Crippen molar-refractivity contribution in [3.63, 3.8) is 0 Å². The molecule has 0 aliphatic carbocycles. The zero-order chi connectivity index (χ0) is 28.6. The molecule has 0 unspecified atom stereocenters. The number of rotatable bonds is 5. The number of fused-ring (bicyclic) bond motifs is 3. The topological polar surface area (TPSA) is 30.7 Å². The van der Waals surface area contributed by atoms with Gasteiger partial charge in [-0.1, -0.05) is 140 Å². The van der Waals surface area contributed by atoms with Crippen molar-refractivity contribution < 1.29 is 0 Å². The highest BCUT2D eigenvalue weighted by atomic mass is 15.0. The summed E-state index contributed by atoms with van der Waals surface area (Å²) in [5.74, 6) is 0.690. The highest BCUT2D eigenvalue weighted by molar-refractivity contribution is 6.09. The predicted octanol–water partition coefficient (Wildman–Crippen LogP) is 10.2. The molecule has 43 heavy (non-hydrogen) atoms. The summed E-state index contributed by atoms with van der Waals surface area (Å²) >= 11 is 0. The van der Waals surface area contributed by atoms with Crippen LogP contribution in [0.25, 0.3) is 72.5 Å². The molecule has 2 aromatic heterocycles. The molecule has 0 bridgehead atoms. The summed E-state index contributed by atoms with van der Waals surface area (Å²) in [4.78, 5) is 10.8. The van der Waals surface area contributed by atoms with E-state index in [9.17, 15) is 0 Å². The van der Waals surface area contributed by atoms with E-state index < -0.39 is 0 Å². The molecule has 0 saturated carbocycles. The Hall–Kier alpha value is -5.80. The maximum Gasteiger partial charge on any atom is 0.162 e. The molecule has 0 spiro atoms. The van der Waals surface area contributed by atoms with Crippen molar-refractivity contribution in [3.8, 4) is 50.7 Å². The zero-order valence-electron chi connectivity index (χ0n) is 23.4. The predicted molar refractivity (Wildman–Crippen MR) is 178 cm³/mol. The minimum Gasteiger partial charge on any atom is -0.309 e. The fourth-order valence-electron chi connectivity index (χ4n) is 6.11. The van der Waals surface area contributed by atoms with Crippen LogP contribution in [-0.4, -0.2) is 14.5 Å². The molecule has 0 saturated heterocycles. The van der Waals surface area contributed by atoms with Crippen LogP contribution in [0.2, 0.25) is 0 Å². The Bertz CT molecular complexity index is 2100. The Morgan fingerprint density at radius 3 is 1.33 bits per heavy atom. The molecule has 0 atom stereocenters. The van der Waals surface area contributed by atoms with Gasteiger partial charge in [0.25, 0.3) is 0 Å². The second-order valence-corrected chi connectivity index (χ2v) is 10.6. The Kier molecular flexibility index (Phi) is 6.12. The molecule has 8 rings (SSSR count). The summed E-state index contributed by atoms with van der Waals surface area (Å²) in [5.41, 5.74) is 10.4. The van der Waals surface area contributed by atoms with Gasteiger partial charge < -0.3 is 4.57 Å². The van der Waals surface area contributed by atoms with Crippen LogP contribution in [0.5, 0.6) is 0 Å². The van der Waals surface area contributed by atoms with E-state index in [2.05, 4.69) is 150 Å². The Balaban J connectivity index is 1.47. The van der Waals surface area contributed by atoms with Crippen molar-refractivity contribution in [2.45, 2.75) is 0 Å². The van der Waals surface area contributed by atoms with Gasteiger partial charge in [-0.25, -0.2) is 9.97 Å². The van der Waals surface area contributed by atoms with Crippen molar-refractivity contribution in [3.05, 3.63) is 164 Å². The lowest BCUT2D eigenvalue weighted by molar-refractivity contribution is 1.14. The second kappa shape index (κ2) is 10.6. The molecule has 0 aliphatic rings. The van der Waals surface area contributed by atoms with Crippen LogP contribution in [0.4, 0.5) is 0 Å². The Morgan fingerprint density at radius 1 is 0.372 bits per heavy atom. The summed E-state index contributed by atoms with van der Waals surface area (Å²) in [6.07, 6.45) is 0. The van der Waals surface area contributed by atoms with Crippen molar-refractivity contribution in [1.82, 2.24) is 14.5 Å². The van der Waals surface area contributed by atoms with Gasteiger partial charge in [-0.15, -0.1) is 0 Å². The summed E-state index contributed by atoms with van der Waals surface area (Å²) in [5, 5.41) is 2.45. The first-order valence-electron chi connectivity index (χ1n) is 14.5. The van der Waals surface area contributed by atoms with Crippen LogP contribution in [0, 0.1) is 0 Å². The molecule has 0 amide bonds. The number of hydrogen-bond donors (Lipinski definition) is 0. The van der Waals surface area contributed by atoms with E-state index in [1.807, 2.05) is 18.2 Å². The molecule has 3 nitrogen and oxygen atoms in total. The molecule has 3 heteroatoms. The average Bonchev–Trinajstić information content (AvgIpc) is 3.43. The summed E-state index contributed by atoms with van der Waals surface area (Å²) in [6.45, 7) is 0. The van der Waals surface area contributed by atoms with E-state index in [-0.39, 0.29) is 0 Å². The monoisotopic (exact) mass is 549 g/mol. The highest BCUT2D eigenvalue weighted by Gasteiger charge is 2.22. The average molecular weight is 550 g/mol. The van der Waals surface area contributed by atoms with Crippen LogP contribution in [0.15, 0.2) is 164 Å². The molecule has 8 aromatic rings. The fraction of sp³-hybridized carbons (Fsp3) is 0. The maximum absolute atomic E-state index is 5.38. The molecule has 0 radical (unpaired) electrons. The first-order valence-corrected chi connectivity index (χ1v) is 14.5. The molecule has 2 heterocycles. The molecule has 6 aromatic carbocycles. The van der Waals surface area contributed by atoms with Gasteiger partial charge in [0.15, 0.2) is 5.82 Å². The van der Waals surface area contributed by atoms with E-state index in [0.717, 1.165) is 55.9 Å². The van der Waals surface area contributed by atoms with E-state index in [0.29, 0.717) is 5.82 Å². The van der Waals surface area contributed by atoms with E-state index >= 15 is 0 Å². The number of benzene rings is 6. The first-order chi connectivity index (χ1) is 21.4. The smallest absolute Gasteiger partial charge is 0.162 e. The van der Waals surface area contributed by atoms with E-state index in [1.165, 1.54) is 10.8 Å². The lowest BCUT2D eigenvalue weighted by Crippen LogP contribution is -2.03. The normalized spacial score (nSPS) is 11.3. The van der Waals surface area contributed by atoms with Crippen LogP contribution >= 0.6 is 0 Å². The summed E-state index contributed by atoms with van der Waals surface area (Å²) in [6, 6.07) is 57.0. The van der Waals surface area contributed by atoms with Gasteiger partial charge >= 0.3 is 0 Å². The fourth-order valence-corrected chi connectivity index (χ4v) is 6.11. The van der Waals surface area contributed by atoms with Crippen LogP contribution in [0.1, 0.15) is 0 Å². The lowest BCUT2D eigenvalue weighted by Gasteiger charge is -2.18. The second-order valence-electron chi connectivity index (χ2n) is 10.6. The van der Waals surface area contributed by atoms with Gasteiger partial charge in [0.05, 0.1) is 28.1 Å². The molecule has 0 fully saturated rings. The van der Waals surface area contributed by atoms with Crippen molar-refractivity contribution >= 4 is 21.8 Å². The molecule has 0 N–H and O–H groups in total. The van der Waals surface area contributed by atoms with Crippen molar-refractivity contribution in [2.75, 3.05) is 0 Å². The minimum absolute atomic E-state index is 0.690. The largest absolute Gasteiger partial charge is 0.309 e. The van der Waals surface area contributed by atoms with Gasteiger partial charge in [-0.05, 0) is 29.8 Å². The van der Waals surface area contributed by atoms with Gasteiger partial charge in [-0.2, -0.15) is 0 Å². The van der Waals surface area contributed by atoms with E-state index in [1.54, 1.807) is 0 Å². The molecule has 202 valence electrons. The van der Waals surface area contributed by atoms with Gasteiger partial charge in [0, 0.05) is 33.0 Å². The van der Waals surface area contributed by atoms with Crippen LogP contribution in [-0.2, 0) is 0 Å². The van der Waals surface area contributed by atoms with Gasteiger partial charge in [0.1, 0.15) is 0 Å². The van der Waals surface area contributed by atoms with Gasteiger partial charge in [-0.3, -0.25) is 0 Å². The third-order valence-electron chi connectivity index (χ3n) is 8.03. The van der Waals surface area contributed by atoms with E-state index in [4.69, 9.17) is 9.97 Å². The maximum atomic E-state index is 5.38. The van der Waals surface area contributed by atoms with Gasteiger partial charge in [0.2, 0.25) is 0 Å². The van der Waals surface area contributed by atoms with Crippen molar-refractivity contribution in [1.29, 1.82) is 0 Å². The summed E-state index contributed by atoms with van der Waals surface area (Å²) < 4.78 is 2.35. The Morgan fingerprint density at radius 2 is 0.791 bits per heavy atom. The number of hydrogen-bond acceptors (Lipinski definition) is 2. The Labute approximate surface area is 250 Å². The zero-order valence-corrected chi connectivity index (χ0v) is 23.4. The third kappa shape index (κ3) is 4.30. The number of para-hydroxylation sites is 3. The third-order valence-corrected chi connectivity index (χ3v) is 8.03. The molecular formula is C40H27N3. The van der Waals surface area contributed by atoms with Crippen LogP contribution < -0.4 is 0 Å². The lowest BCUT2D eigenvalue weighted by atomic mass is 9.94. The first kappa shape index (κ1) is 25.0. The standard InChI is InChI=1S/C40H27N3/c1-4-16-28(17-5-1)37-38(29-18-6-2-7-19-29)41-40(42-39(37)30-20-8-3-9-21-30)33-24-12-15-27-36(33)43-34-25-13-10-22-31(34)32-23-11-14-26-35(32)43/h1-27H. The van der Waals surface area contributed by atoms with Crippen molar-refractivity contribution in [2.24, 2.45) is 0 Å². The quantitative estimate of drug-likeness (QED) is 0.214. The minimum atomic E-state index is 0.690. The SMILES string of the molecule is c1ccc(-c2nc(-c3ccccc3-n3c4ccccc4c4ccccc43)nc(-c3ccccc3)c2-c2ccccc2)cc1.